The molecule has 156 valence electrons. The van der Waals surface area contributed by atoms with Crippen LogP contribution in [0, 0.1) is 0 Å². The molecule has 3 aromatic rings. The van der Waals surface area contributed by atoms with E-state index in [9.17, 15) is 9.59 Å². The van der Waals surface area contributed by atoms with Crippen molar-refractivity contribution in [1.29, 1.82) is 0 Å². The first-order chi connectivity index (χ1) is 14.6. The second kappa shape index (κ2) is 8.13. The molecule has 30 heavy (non-hydrogen) atoms. The molecule has 0 bridgehead atoms. The van der Waals surface area contributed by atoms with Gasteiger partial charge in [0.15, 0.2) is 0 Å². The Morgan fingerprint density at radius 3 is 2.60 bits per heavy atom. The molecule has 1 aromatic carbocycles. The summed E-state index contributed by atoms with van der Waals surface area (Å²) in [6, 6.07) is 7.01. The highest BCUT2D eigenvalue weighted by Gasteiger charge is 2.24. The molecular formula is C22H23ClN4O2S. The molecule has 0 saturated carbocycles. The number of hydrogen-bond donors (Lipinski definition) is 1. The molecule has 0 atom stereocenters. The molecule has 0 spiro atoms. The summed E-state index contributed by atoms with van der Waals surface area (Å²) in [5.41, 5.74) is 1.87. The van der Waals surface area contributed by atoms with Gasteiger partial charge in [-0.15, -0.1) is 11.3 Å². The van der Waals surface area contributed by atoms with E-state index in [1.54, 1.807) is 35.6 Å². The van der Waals surface area contributed by atoms with Gasteiger partial charge in [0, 0.05) is 41.6 Å². The van der Waals surface area contributed by atoms with E-state index in [4.69, 9.17) is 16.6 Å². The first-order valence-corrected chi connectivity index (χ1v) is 11.6. The van der Waals surface area contributed by atoms with Crippen molar-refractivity contribution in [2.45, 2.75) is 32.2 Å². The first-order valence-electron chi connectivity index (χ1n) is 10.4. The van der Waals surface area contributed by atoms with Crippen LogP contribution in [0.5, 0.6) is 0 Å². The average Bonchev–Trinajstić information content (AvgIpc) is 3.13. The third-order valence-corrected chi connectivity index (χ3v) is 7.44. The van der Waals surface area contributed by atoms with Crippen molar-refractivity contribution in [3.05, 3.63) is 61.5 Å². The number of H-pyrrole nitrogens is 1. The SMILES string of the molecule is O=C(c1ccc(Cl)cc1)N1CCN(Cc2nc3sc4c(c3c(=O)[nH]2)CCCC4)CC1. The Morgan fingerprint density at radius 2 is 1.83 bits per heavy atom. The maximum absolute atomic E-state index is 12.7. The Hall–Kier alpha value is -2.22. The molecule has 3 heterocycles. The Morgan fingerprint density at radius 1 is 1.10 bits per heavy atom. The molecule has 6 nitrogen and oxygen atoms in total. The number of hydrogen-bond acceptors (Lipinski definition) is 5. The summed E-state index contributed by atoms with van der Waals surface area (Å²) >= 11 is 7.59. The van der Waals surface area contributed by atoms with Gasteiger partial charge in [0.25, 0.3) is 11.5 Å². The van der Waals surface area contributed by atoms with Gasteiger partial charge >= 0.3 is 0 Å². The number of nitrogens with one attached hydrogen (secondary N) is 1. The van der Waals surface area contributed by atoms with Crippen LogP contribution in [0.3, 0.4) is 0 Å². The number of benzene rings is 1. The van der Waals surface area contributed by atoms with Gasteiger partial charge in [-0.05, 0) is 55.5 Å². The normalized spacial score (nSPS) is 17.3. The topological polar surface area (TPSA) is 69.3 Å². The standard InChI is InChI=1S/C22H23ClN4O2S/c23-15-7-5-14(6-8-15)22(29)27-11-9-26(10-12-27)13-18-24-20(28)19-16-3-1-2-4-17(16)30-21(19)25-18/h5-8H,1-4,9-13H2,(H,24,25,28). The Bertz CT molecular complexity index is 1150. The highest BCUT2D eigenvalue weighted by molar-refractivity contribution is 7.18. The molecule has 1 aliphatic heterocycles. The lowest BCUT2D eigenvalue weighted by Crippen LogP contribution is -2.48. The van der Waals surface area contributed by atoms with Crippen LogP contribution in [0.15, 0.2) is 29.1 Å². The monoisotopic (exact) mass is 442 g/mol. The lowest BCUT2D eigenvalue weighted by Gasteiger charge is -2.34. The van der Waals surface area contributed by atoms with Crippen molar-refractivity contribution in [3.8, 4) is 0 Å². The second-order valence-corrected chi connectivity index (χ2v) is 9.50. The number of piperazine rings is 1. The molecular weight excluding hydrogens is 420 g/mol. The third kappa shape index (κ3) is 3.77. The van der Waals surface area contributed by atoms with E-state index in [2.05, 4.69) is 9.88 Å². The molecule has 2 aliphatic rings. The molecule has 1 fully saturated rings. The highest BCUT2D eigenvalue weighted by atomic mass is 35.5. The molecule has 0 radical (unpaired) electrons. The van der Waals surface area contributed by atoms with E-state index in [1.165, 1.54) is 16.9 Å². The maximum Gasteiger partial charge on any atom is 0.259 e. The van der Waals surface area contributed by atoms with E-state index in [1.807, 2.05) is 4.90 Å². The minimum Gasteiger partial charge on any atom is -0.336 e. The number of nitrogens with zero attached hydrogens (tertiary/aromatic N) is 3. The number of aryl methyl sites for hydroxylation is 2. The number of aromatic nitrogens is 2. The maximum atomic E-state index is 12.7. The smallest absolute Gasteiger partial charge is 0.259 e. The van der Waals surface area contributed by atoms with Gasteiger partial charge in [-0.1, -0.05) is 11.6 Å². The number of halogens is 1. The van der Waals surface area contributed by atoms with Gasteiger partial charge in [-0.25, -0.2) is 4.98 Å². The quantitative estimate of drug-likeness (QED) is 0.674. The number of amides is 1. The summed E-state index contributed by atoms with van der Waals surface area (Å²) in [5.74, 6) is 0.743. The highest BCUT2D eigenvalue weighted by Crippen LogP contribution is 2.33. The summed E-state index contributed by atoms with van der Waals surface area (Å²) in [6.07, 6.45) is 4.40. The van der Waals surface area contributed by atoms with Gasteiger partial charge in [0.05, 0.1) is 11.9 Å². The third-order valence-electron chi connectivity index (χ3n) is 6.00. The molecule has 8 heteroatoms. The van der Waals surface area contributed by atoms with Crippen molar-refractivity contribution in [1.82, 2.24) is 19.8 Å². The fraction of sp³-hybridized carbons (Fsp3) is 0.409. The summed E-state index contributed by atoms with van der Waals surface area (Å²) in [6.45, 7) is 3.41. The Labute approximate surface area is 183 Å². The van der Waals surface area contributed by atoms with E-state index >= 15 is 0 Å². The Kier molecular flexibility index (Phi) is 5.35. The van der Waals surface area contributed by atoms with E-state index in [0.29, 0.717) is 36.0 Å². The molecule has 2 aromatic heterocycles. The molecule has 1 saturated heterocycles. The zero-order chi connectivity index (χ0) is 20.7. The van der Waals surface area contributed by atoms with Crippen LogP contribution < -0.4 is 5.56 Å². The second-order valence-electron chi connectivity index (χ2n) is 7.98. The van der Waals surface area contributed by atoms with Crippen LogP contribution in [0.2, 0.25) is 5.02 Å². The van der Waals surface area contributed by atoms with Gasteiger partial charge in [0.2, 0.25) is 0 Å². The zero-order valence-electron chi connectivity index (χ0n) is 16.6. The predicted octanol–water partition coefficient (Wildman–Crippen LogP) is 3.47. The van der Waals surface area contributed by atoms with Crippen LogP contribution in [0.4, 0.5) is 0 Å². The lowest BCUT2D eigenvalue weighted by molar-refractivity contribution is 0.0625. The number of carbonyl (C=O) groups excluding carboxylic acids is 1. The Balaban J connectivity index is 1.26. The number of thiophene rings is 1. The van der Waals surface area contributed by atoms with Gasteiger partial charge < -0.3 is 9.88 Å². The van der Waals surface area contributed by atoms with E-state index < -0.39 is 0 Å². The first kappa shape index (κ1) is 19.7. The van der Waals surface area contributed by atoms with Crippen molar-refractivity contribution in [2.75, 3.05) is 26.2 Å². The number of carbonyl (C=O) groups is 1. The van der Waals surface area contributed by atoms with Crippen molar-refractivity contribution >= 4 is 39.1 Å². The molecule has 0 unspecified atom stereocenters. The van der Waals surface area contributed by atoms with E-state index in [0.717, 1.165) is 42.6 Å². The summed E-state index contributed by atoms with van der Waals surface area (Å²) in [4.78, 5) is 39.5. The van der Waals surface area contributed by atoms with Crippen molar-refractivity contribution in [3.63, 3.8) is 0 Å². The largest absolute Gasteiger partial charge is 0.336 e. The van der Waals surface area contributed by atoms with Crippen molar-refractivity contribution in [2.24, 2.45) is 0 Å². The molecule has 5 rings (SSSR count). The summed E-state index contributed by atoms with van der Waals surface area (Å²) in [7, 11) is 0. The summed E-state index contributed by atoms with van der Waals surface area (Å²) < 4.78 is 0. The number of aromatic amines is 1. The number of rotatable bonds is 3. The van der Waals surface area contributed by atoms with Crippen molar-refractivity contribution < 1.29 is 4.79 Å². The van der Waals surface area contributed by atoms with Crippen LogP contribution in [-0.4, -0.2) is 51.9 Å². The lowest BCUT2D eigenvalue weighted by atomic mass is 9.97. The van der Waals surface area contributed by atoms with Gasteiger partial charge in [-0.3, -0.25) is 14.5 Å². The van der Waals surface area contributed by atoms with Crippen LogP contribution in [-0.2, 0) is 19.4 Å². The van der Waals surface area contributed by atoms with Crippen LogP contribution in [0.1, 0.15) is 39.5 Å². The van der Waals surface area contributed by atoms with E-state index in [-0.39, 0.29) is 11.5 Å². The molecule has 1 aliphatic carbocycles. The predicted molar refractivity (Wildman–Crippen MR) is 120 cm³/mol. The van der Waals surface area contributed by atoms with Gasteiger partial charge in [-0.2, -0.15) is 0 Å². The molecule has 1 N–H and O–H groups in total. The fourth-order valence-electron chi connectivity index (χ4n) is 4.38. The minimum atomic E-state index is -0.00838. The van der Waals surface area contributed by atoms with Crippen LogP contribution >= 0.6 is 22.9 Å². The van der Waals surface area contributed by atoms with Gasteiger partial charge in [0.1, 0.15) is 10.7 Å². The molecule has 1 amide bonds. The zero-order valence-corrected chi connectivity index (χ0v) is 18.2. The fourth-order valence-corrected chi connectivity index (χ4v) is 5.79. The van der Waals surface area contributed by atoms with Crippen LogP contribution in [0.25, 0.3) is 10.2 Å². The minimum absolute atomic E-state index is 0.00838. The average molecular weight is 443 g/mol. The number of fused-ring (bicyclic) bond motifs is 3. The summed E-state index contributed by atoms with van der Waals surface area (Å²) in [5, 5.41) is 1.43.